The Morgan fingerprint density at radius 1 is 0.760 bits per heavy atom. The van der Waals surface area contributed by atoms with Crippen molar-refractivity contribution < 1.29 is 0 Å². The number of hydrogen-bond donors (Lipinski definition) is 0. The Morgan fingerprint density at radius 2 is 1.28 bits per heavy atom. The Labute approximate surface area is 147 Å². The number of anilines is 1. The maximum absolute atomic E-state index is 9.57. The SMILES string of the molecule is CCN(CC)c1ccc(C(C#N)=c2ccc(=C(C#N)C#N)cc2)cc1. The molecular formula is C21H18N4. The van der Waals surface area contributed by atoms with E-state index in [1.807, 2.05) is 36.4 Å². The van der Waals surface area contributed by atoms with Crippen molar-refractivity contribution in [2.45, 2.75) is 13.8 Å². The highest BCUT2D eigenvalue weighted by atomic mass is 15.1. The lowest BCUT2D eigenvalue weighted by Gasteiger charge is -2.21. The number of rotatable bonds is 4. The highest BCUT2D eigenvalue weighted by Gasteiger charge is 2.05. The van der Waals surface area contributed by atoms with Gasteiger partial charge in [-0.25, -0.2) is 0 Å². The average Bonchev–Trinajstić information content (AvgIpc) is 2.67. The van der Waals surface area contributed by atoms with E-state index in [1.165, 1.54) is 0 Å². The van der Waals surface area contributed by atoms with E-state index in [2.05, 4.69) is 24.8 Å². The van der Waals surface area contributed by atoms with Gasteiger partial charge in [0.2, 0.25) is 0 Å². The molecule has 0 atom stereocenters. The molecule has 0 aromatic heterocycles. The van der Waals surface area contributed by atoms with Gasteiger partial charge >= 0.3 is 0 Å². The lowest BCUT2D eigenvalue weighted by Crippen LogP contribution is -2.21. The summed E-state index contributed by atoms with van der Waals surface area (Å²) in [5, 5.41) is 28.7. The lowest BCUT2D eigenvalue weighted by molar-refractivity contribution is 0.866. The smallest absolute Gasteiger partial charge is 0.136 e. The van der Waals surface area contributed by atoms with Crippen LogP contribution in [0, 0.1) is 34.0 Å². The summed E-state index contributed by atoms with van der Waals surface area (Å²) in [7, 11) is 0. The van der Waals surface area contributed by atoms with E-state index in [9.17, 15) is 5.26 Å². The average molecular weight is 326 g/mol. The van der Waals surface area contributed by atoms with E-state index in [4.69, 9.17) is 10.5 Å². The topological polar surface area (TPSA) is 74.6 Å². The first-order valence-electron chi connectivity index (χ1n) is 8.08. The zero-order valence-corrected chi connectivity index (χ0v) is 14.3. The van der Waals surface area contributed by atoms with Crippen LogP contribution in [0.2, 0.25) is 0 Å². The summed E-state index contributed by atoms with van der Waals surface area (Å²) in [6, 6.07) is 20.8. The van der Waals surface area contributed by atoms with Crippen LogP contribution in [-0.4, -0.2) is 13.1 Å². The molecule has 2 aromatic rings. The number of nitriles is 3. The molecule has 2 rings (SSSR count). The molecule has 0 heterocycles. The van der Waals surface area contributed by atoms with Gasteiger partial charge in [0.1, 0.15) is 23.8 Å². The first-order valence-corrected chi connectivity index (χ1v) is 8.08. The summed E-state index contributed by atoms with van der Waals surface area (Å²) in [5.41, 5.74) is 2.60. The minimum Gasteiger partial charge on any atom is -0.372 e. The van der Waals surface area contributed by atoms with Crippen molar-refractivity contribution in [2.24, 2.45) is 0 Å². The standard InChI is InChI=1S/C21H18N4/c1-3-25(4-2)20-11-9-18(10-12-20)21(15-24)17-7-5-16(6-8-17)19(13-22)14-23/h5-12H,3-4H2,1-2H3. The van der Waals surface area contributed by atoms with Crippen LogP contribution in [0.1, 0.15) is 19.4 Å². The van der Waals surface area contributed by atoms with Crippen molar-refractivity contribution in [1.29, 1.82) is 15.8 Å². The minimum absolute atomic E-state index is 0.0635. The summed E-state index contributed by atoms with van der Waals surface area (Å²) in [4.78, 5) is 2.24. The van der Waals surface area contributed by atoms with Crippen molar-refractivity contribution >= 4 is 16.8 Å². The zero-order chi connectivity index (χ0) is 18.2. The molecule has 0 spiro atoms. The molecule has 0 aliphatic rings. The fourth-order valence-electron chi connectivity index (χ4n) is 2.68. The summed E-state index contributed by atoms with van der Waals surface area (Å²) in [6.45, 7) is 6.09. The van der Waals surface area contributed by atoms with Crippen LogP contribution < -0.4 is 15.3 Å². The highest BCUT2D eigenvalue weighted by molar-refractivity contribution is 5.77. The molecule has 0 amide bonds. The molecule has 4 nitrogen and oxygen atoms in total. The Morgan fingerprint density at radius 3 is 1.72 bits per heavy atom. The van der Waals surface area contributed by atoms with Crippen LogP contribution in [0.3, 0.4) is 0 Å². The number of benzene rings is 2. The van der Waals surface area contributed by atoms with Gasteiger partial charge in [-0.05, 0) is 36.8 Å². The fraction of sp³-hybridized carbons (Fsp3) is 0.190. The van der Waals surface area contributed by atoms with Crippen LogP contribution in [0.15, 0.2) is 48.5 Å². The molecule has 0 aliphatic heterocycles. The summed E-state index contributed by atoms with van der Waals surface area (Å²) in [6.07, 6.45) is 0. The normalized spacial score (nSPS) is 9.40. The fourth-order valence-corrected chi connectivity index (χ4v) is 2.68. The van der Waals surface area contributed by atoms with Crippen molar-refractivity contribution in [3.8, 4) is 18.2 Å². The van der Waals surface area contributed by atoms with E-state index in [-0.39, 0.29) is 5.57 Å². The Bertz CT molecular complexity index is 953. The second-order valence-corrected chi connectivity index (χ2v) is 5.38. The number of nitrogens with zero attached hydrogens (tertiary/aromatic N) is 4. The predicted octanol–water partition coefficient (Wildman–Crippen LogP) is 2.45. The largest absolute Gasteiger partial charge is 0.372 e. The quantitative estimate of drug-likeness (QED) is 0.865. The summed E-state index contributed by atoms with van der Waals surface area (Å²) < 4.78 is 0. The van der Waals surface area contributed by atoms with Crippen LogP contribution in [0.25, 0.3) is 11.1 Å². The molecular weight excluding hydrogens is 308 g/mol. The molecule has 0 saturated carbocycles. The number of hydrogen-bond acceptors (Lipinski definition) is 4. The van der Waals surface area contributed by atoms with E-state index in [0.717, 1.165) is 29.6 Å². The molecule has 0 bridgehead atoms. The molecule has 0 saturated heterocycles. The van der Waals surface area contributed by atoms with Gasteiger partial charge in [-0.15, -0.1) is 0 Å². The van der Waals surface area contributed by atoms with Crippen LogP contribution in [0.4, 0.5) is 5.69 Å². The van der Waals surface area contributed by atoms with Crippen molar-refractivity contribution in [1.82, 2.24) is 0 Å². The van der Waals surface area contributed by atoms with Gasteiger partial charge in [-0.2, -0.15) is 15.8 Å². The molecule has 0 N–H and O–H groups in total. The van der Waals surface area contributed by atoms with Crippen LogP contribution in [-0.2, 0) is 0 Å². The van der Waals surface area contributed by atoms with E-state index in [0.29, 0.717) is 10.8 Å². The first-order chi connectivity index (χ1) is 12.2. The molecule has 122 valence electrons. The summed E-state index contributed by atoms with van der Waals surface area (Å²) >= 11 is 0. The van der Waals surface area contributed by atoms with Crippen LogP contribution in [0.5, 0.6) is 0 Å². The van der Waals surface area contributed by atoms with Gasteiger partial charge in [0.15, 0.2) is 0 Å². The molecule has 4 heteroatoms. The van der Waals surface area contributed by atoms with Crippen molar-refractivity contribution in [2.75, 3.05) is 18.0 Å². The maximum atomic E-state index is 9.57. The Hall–Kier alpha value is -3.55. The van der Waals surface area contributed by atoms with E-state index >= 15 is 0 Å². The molecule has 0 fully saturated rings. The predicted molar refractivity (Wildman–Crippen MR) is 98.5 cm³/mol. The Kier molecular flexibility index (Phi) is 5.94. The van der Waals surface area contributed by atoms with Gasteiger partial charge in [-0.1, -0.05) is 36.4 Å². The van der Waals surface area contributed by atoms with Gasteiger partial charge < -0.3 is 4.90 Å². The van der Waals surface area contributed by atoms with Gasteiger partial charge in [0.25, 0.3) is 0 Å². The maximum Gasteiger partial charge on any atom is 0.136 e. The minimum atomic E-state index is 0.0635. The monoisotopic (exact) mass is 326 g/mol. The third-order valence-electron chi connectivity index (χ3n) is 4.08. The Balaban J connectivity index is 2.52. The molecule has 0 unspecified atom stereocenters. The lowest BCUT2D eigenvalue weighted by atomic mass is 10.0. The zero-order valence-electron chi connectivity index (χ0n) is 14.3. The van der Waals surface area contributed by atoms with E-state index < -0.39 is 0 Å². The molecule has 0 aliphatic carbocycles. The van der Waals surface area contributed by atoms with Gasteiger partial charge in [0, 0.05) is 24.0 Å². The van der Waals surface area contributed by atoms with Crippen LogP contribution >= 0.6 is 0 Å². The second-order valence-electron chi connectivity index (χ2n) is 5.38. The first kappa shape index (κ1) is 17.8. The van der Waals surface area contributed by atoms with Gasteiger partial charge in [-0.3, -0.25) is 0 Å². The molecule has 25 heavy (non-hydrogen) atoms. The second kappa shape index (κ2) is 8.34. The third kappa shape index (κ3) is 3.86. The summed E-state index contributed by atoms with van der Waals surface area (Å²) in [5.74, 6) is 0. The molecule has 2 aromatic carbocycles. The third-order valence-corrected chi connectivity index (χ3v) is 4.08. The van der Waals surface area contributed by atoms with Crippen molar-refractivity contribution in [3.05, 3.63) is 64.5 Å². The van der Waals surface area contributed by atoms with E-state index in [1.54, 1.807) is 24.3 Å². The molecule has 0 radical (unpaired) electrons. The van der Waals surface area contributed by atoms with Gasteiger partial charge in [0.05, 0.1) is 5.57 Å². The van der Waals surface area contributed by atoms with Crippen molar-refractivity contribution in [3.63, 3.8) is 0 Å². The highest BCUT2D eigenvalue weighted by Crippen LogP contribution is 2.18.